The average molecular weight is 428 g/mol. The van der Waals surface area contributed by atoms with Crippen LogP contribution in [0, 0.1) is 5.92 Å². The number of carbonyl (C=O) groups excluding carboxylic acids is 1. The molecule has 1 aliphatic heterocycles. The number of benzene rings is 1. The van der Waals surface area contributed by atoms with Crippen molar-refractivity contribution < 1.29 is 18.0 Å². The van der Waals surface area contributed by atoms with E-state index in [1.807, 2.05) is 12.1 Å². The molecular formula is C18H17BrF3N3O. The molecule has 0 spiro atoms. The van der Waals surface area contributed by atoms with Crippen LogP contribution in [0.4, 0.5) is 24.7 Å². The maximum atomic E-state index is 13.2. The first-order chi connectivity index (χ1) is 12.4. The lowest BCUT2D eigenvalue weighted by Gasteiger charge is -2.34. The first-order valence-electron chi connectivity index (χ1n) is 8.19. The fourth-order valence-electron chi connectivity index (χ4n) is 3.05. The van der Waals surface area contributed by atoms with Crippen LogP contribution in [0.2, 0.25) is 0 Å². The lowest BCUT2D eigenvalue weighted by molar-refractivity contribution is -0.137. The SMILES string of the molecule is O=C(Nc1ccccc1Br)C1CCCN(c2ncccc2C(F)(F)F)C1. The number of pyridine rings is 1. The highest BCUT2D eigenvalue weighted by Gasteiger charge is 2.37. The Kier molecular flexibility index (Phi) is 5.50. The van der Waals surface area contributed by atoms with Gasteiger partial charge in [-0.25, -0.2) is 4.98 Å². The highest BCUT2D eigenvalue weighted by molar-refractivity contribution is 9.10. The predicted octanol–water partition coefficient (Wildman–Crippen LogP) is 4.72. The van der Waals surface area contributed by atoms with Crippen LogP contribution in [0.15, 0.2) is 47.1 Å². The van der Waals surface area contributed by atoms with Crippen molar-refractivity contribution in [3.05, 3.63) is 52.6 Å². The molecule has 1 atom stereocenters. The molecule has 0 bridgehead atoms. The molecular weight excluding hydrogens is 411 g/mol. The number of rotatable bonds is 3. The van der Waals surface area contributed by atoms with Crippen molar-refractivity contribution in [2.45, 2.75) is 19.0 Å². The molecule has 1 fully saturated rings. The van der Waals surface area contributed by atoms with Crippen LogP contribution in [0.1, 0.15) is 18.4 Å². The summed E-state index contributed by atoms with van der Waals surface area (Å²) in [5.41, 5.74) is -0.129. The number of halogens is 4. The monoisotopic (exact) mass is 427 g/mol. The van der Waals surface area contributed by atoms with Crippen LogP contribution < -0.4 is 10.2 Å². The minimum absolute atomic E-state index is 0.113. The number of nitrogens with zero attached hydrogens (tertiary/aromatic N) is 2. The number of aromatic nitrogens is 1. The standard InChI is InChI=1S/C18H17BrF3N3O/c19-14-7-1-2-8-15(14)24-17(26)12-5-4-10-25(11-12)16-13(18(20,21)22)6-3-9-23-16/h1-3,6-9,12H,4-5,10-11H2,(H,24,26). The average Bonchev–Trinajstić information content (AvgIpc) is 2.63. The van der Waals surface area contributed by atoms with Gasteiger partial charge in [-0.1, -0.05) is 12.1 Å². The van der Waals surface area contributed by atoms with Gasteiger partial charge in [0, 0.05) is 23.8 Å². The van der Waals surface area contributed by atoms with Gasteiger partial charge in [-0.2, -0.15) is 13.2 Å². The number of hydrogen-bond acceptors (Lipinski definition) is 3. The molecule has 1 aromatic carbocycles. The second kappa shape index (κ2) is 7.65. The Bertz CT molecular complexity index is 797. The van der Waals surface area contributed by atoms with Crippen molar-refractivity contribution in [1.82, 2.24) is 4.98 Å². The lowest BCUT2D eigenvalue weighted by atomic mass is 9.96. The van der Waals surface area contributed by atoms with Crippen LogP contribution in [-0.4, -0.2) is 24.0 Å². The molecule has 0 saturated carbocycles. The van der Waals surface area contributed by atoms with E-state index in [-0.39, 0.29) is 18.3 Å². The Morgan fingerprint density at radius 2 is 2.00 bits per heavy atom. The Balaban J connectivity index is 1.76. The highest BCUT2D eigenvalue weighted by atomic mass is 79.9. The van der Waals surface area contributed by atoms with Gasteiger partial charge in [-0.3, -0.25) is 4.79 Å². The summed E-state index contributed by atoms with van der Waals surface area (Å²) in [5, 5.41) is 2.84. The van der Waals surface area contributed by atoms with Crippen LogP contribution in [0.25, 0.3) is 0 Å². The molecule has 1 N–H and O–H groups in total. The predicted molar refractivity (Wildman–Crippen MR) is 96.9 cm³/mol. The second-order valence-corrected chi connectivity index (χ2v) is 6.98. The fourth-order valence-corrected chi connectivity index (χ4v) is 3.44. The van der Waals surface area contributed by atoms with Crippen molar-refractivity contribution in [2.24, 2.45) is 5.92 Å². The summed E-state index contributed by atoms with van der Waals surface area (Å²) in [6.07, 6.45) is -1.88. The Hall–Kier alpha value is -2.09. The zero-order chi connectivity index (χ0) is 18.7. The van der Waals surface area contributed by atoms with Gasteiger partial charge in [0.2, 0.25) is 5.91 Å². The molecule has 2 aromatic rings. The molecule has 0 aliphatic carbocycles. The Labute approximate surface area is 157 Å². The molecule has 1 aromatic heterocycles. The van der Waals surface area contributed by atoms with Crippen molar-refractivity contribution in [3.8, 4) is 0 Å². The maximum absolute atomic E-state index is 13.2. The third-order valence-electron chi connectivity index (χ3n) is 4.32. The van der Waals surface area contributed by atoms with Crippen LogP contribution >= 0.6 is 15.9 Å². The van der Waals surface area contributed by atoms with Gasteiger partial charge < -0.3 is 10.2 Å². The van der Waals surface area contributed by atoms with Crippen LogP contribution in [0.3, 0.4) is 0 Å². The summed E-state index contributed by atoms with van der Waals surface area (Å²) in [6, 6.07) is 9.51. The number of piperidine rings is 1. The molecule has 1 unspecified atom stereocenters. The Morgan fingerprint density at radius 1 is 1.23 bits per heavy atom. The van der Waals surface area contributed by atoms with E-state index >= 15 is 0 Å². The molecule has 8 heteroatoms. The highest BCUT2D eigenvalue weighted by Crippen LogP contribution is 2.36. The van der Waals surface area contributed by atoms with E-state index in [2.05, 4.69) is 26.2 Å². The first kappa shape index (κ1) is 18.7. The molecule has 2 heterocycles. The van der Waals surface area contributed by atoms with Crippen molar-refractivity contribution in [1.29, 1.82) is 0 Å². The van der Waals surface area contributed by atoms with Gasteiger partial charge in [0.25, 0.3) is 0 Å². The third kappa shape index (κ3) is 4.17. The largest absolute Gasteiger partial charge is 0.419 e. The summed E-state index contributed by atoms with van der Waals surface area (Å²) in [6.45, 7) is 0.648. The van der Waals surface area contributed by atoms with Gasteiger partial charge in [-0.05, 0) is 53.0 Å². The van der Waals surface area contributed by atoms with Crippen LogP contribution in [0.5, 0.6) is 0 Å². The molecule has 3 rings (SSSR count). The van der Waals surface area contributed by atoms with Crippen molar-refractivity contribution >= 4 is 33.3 Å². The third-order valence-corrected chi connectivity index (χ3v) is 5.01. The first-order valence-corrected chi connectivity index (χ1v) is 8.98. The molecule has 0 radical (unpaired) electrons. The number of carbonyl (C=O) groups is 1. The minimum Gasteiger partial charge on any atom is -0.355 e. The number of hydrogen-bond donors (Lipinski definition) is 1. The number of nitrogens with one attached hydrogen (secondary N) is 1. The van der Waals surface area contributed by atoms with E-state index in [1.54, 1.807) is 17.0 Å². The fraction of sp³-hybridized carbons (Fsp3) is 0.333. The molecule has 1 amide bonds. The molecule has 1 saturated heterocycles. The maximum Gasteiger partial charge on any atom is 0.419 e. The zero-order valence-electron chi connectivity index (χ0n) is 13.8. The minimum atomic E-state index is -4.48. The van der Waals surface area contributed by atoms with E-state index in [0.29, 0.717) is 25.1 Å². The summed E-state index contributed by atoms with van der Waals surface area (Å²) < 4.78 is 40.5. The second-order valence-electron chi connectivity index (χ2n) is 6.13. The summed E-state index contributed by atoms with van der Waals surface area (Å²) in [5.74, 6) is -0.719. The van der Waals surface area contributed by atoms with E-state index < -0.39 is 17.7 Å². The van der Waals surface area contributed by atoms with Crippen molar-refractivity contribution in [3.63, 3.8) is 0 Å². The normalized spacial score (nSPS) is 17.8. The van der Waals surface area contributed by atoms with Crippen molar-refractivity contribution in [2.75, 3.05) is 23.3 Å². The number of amides is 1. The molecule has 26 heavy (non-hydrogen) atoms. The summed E-state index contributed by atoms with van der Waals surface area (Å²) >= 11 is 3.37. The lowest BCUT2D eigenvalue weighted by Crippen LogP contribution is -2.42. The van der Waals surface area contributed by atoms with Gasteiger partial charge >= 0.3 is 6.18 Å². The van der Waals surface area contributed by atoms with Crippen LogP contribution in [-0.2, 0) is 11.0 Å². The van der Waals surface area contributed by atoms with E-state index in [4.69, 9.17) is 0 Å². The van der Waals surface area contributed by atoms with Gasteiger partial charge in [0.15, 0.2) is 0 Å². The van der Waals surface area contributed by atoms with Gasteiger partial charge in [0.1, 0.15) is 5.82 Å². The molecule has 4 nitrogen and oxygen atoms in total. The quantitative estimate of drug-likeness (QED) is 0.770. The Morgan fingerprint density at radius 3 is 2.73 bits per heavy atom. The van der Waals surface area contributed by atoms with E-state index in [9.17, 15) is 18.0 Å². The van der Waals surface area contributed by atoms with E-state index in [0.717, 1.165) is 10.5 Å². The van der Waals surface area contributed by atoms with Gasteiger partial charge in [0.05, 0.1) is 17.2 Å². The summed E-state index contributed by atoms with van der Waals surface area (Å²) in [7, 11) is 0. The van der Waals surface area contributed by atoms with E-state index in [1.165, 1.54) is 12.3 Å². The molecule has 1 aliphatic rings. The van der Waals surface area contributed by atoms with Gasteiger partial charge in [-0.15, -0.1) is 0 Å². The smallest absolute Gasteiger partial charge is 0.355 e. The summed E-state index contributed by atoms with van der Waals surface area (Å²) in [4.78, 5) is 18.1. The zero-order valence-corrected chi connectivity index (χ0v) is 15.3. The number of para-hydroxylation sites is 1. The number of anilines is 2. The topological polar surface area (TPSA) is 45.2 Å². The number of alkyl halides is 3. The molecule has 138 valence electrons.